The standard InChI is InChI=1S/C29H34.CN/c1-2-3-7-16-26-21-22-27(23-14-8-4-9-15-23)29(25-19-12-6-13-20-25)28(26)24-17-10-5-11-18-24;1-2/h4-5,8-11,14-15,17-18,21-22,25H,2-3,6-7,12-13,16,19-20H2,1H3;/q;-1. The number of hydrogen-bond donors (Lipinski definition) is 0. The van der Waals surface area contributed by atoms with Gasteiger partial charge in [0.05, 0.1) is 0 Å². The summed E-state index contributed by atoms with van der Waals surface area (Å²) >= 11 is 0. The highest BCUT2D eigenvalue weighted by Crippen LogP contribution is 2.45. The third-order valence-corrected chi connectivity index (χ3v) is 6.54. The Morgan fingerprint density at radius 2 is 1.35 bits per heavy atom. The van der Waals surface area contributed by atoms with Gasteiger partial charge in [0, 0.05) is 0 Å². The van der Waals surface area contributed by atoms with Crippen molar-refractivity contribution in [1.29, 1.82) is 5.26 Å². The first-order valence-electron chi connectivity index (χ1n) is 11.9. The van der Waals surface area contributed by atoms with Crippen LogP contribution >= 0.6 is 0 Å². The third kappa shape index (κ3) is 5.65. The Balaban J connectivity index is 0.00000132. The van der Waals surface area contributed by atoms with Gasteiger partial charge in [-0.2, -0.15) is 0 Å². The first-order chi connectivity index (χ1) is 15.4. The van der Waals surface area contributed by atoms with E-state index in [1.54, 1.807) is 11.1 Å². The van der Waals surface area contributed by atoms with Crippen molar-refractivity contribution in [2.45, 2.75) is 70.6 Å². The molecule has 1 aliphatic carbocycles. The highest BCUT2D eigenvalue weighted by Gasteiger charge is 2.24. The van der Waals surface area contributed by atoms with Crippen molar-refractivity contribution in [1.82, 2.24) is 0 Å². The minimum atomic E-state index is 0.681. The number of hydrogen-bond acceptors (Lipinski definition) is 1. The molecule has 1 aliphatic rings. The van der Waals surface area contributed by atoms with E-state index in [4.69, 9.17) is 11.8 Å². The van der Waals surface area contributed by atoms with E-state index in [0.29, 0.717) is 5.92 Å². The summed E-state index contributed by atoms with van der Waals surface area (Å²) in [6.07, 6.45) is 11.9. The molecule has 1 saturated carbocycles. The minimum absolute atomic E-state index is 0.681. The minimum Gasteiger partial charge on any atom is -0.512 e. The zero-order valence-electron chi connectivity index (χ0n) is 18.8. The molecule has 3 aromatic carbocycles. The van der Waals surface area contributed by atoms with Crippen molar-refractivity contribution in [2.24, 2.45) is 0 Å². The molecule has 0 bridgehead atoms. The van der Waals surface area contributed by atoms with Crippen molar-refractivity contribution < 1.29 is 0 Å². The second-order valence-corrected chi connectivity index (χ2v) is 8.59. The predicted molar refractivity (Wildman–Crippen MR) is 131 cm³/mol. The van der Waals surface area contributed by atoms with Crippen LogP contribution in [-0.2, 0) is 6.42 Å². The Hall–Kier alpha value is -2.85. The fourth-order valence-electron chi connectivity index (χ4n) is 5.07. The van der Waals surface area contributed by atoms with Crippen LogP contribution in [0.1, 0.15) is 75.3 Å². The quantitative estimate of drug-likeness (QED) is 0.283. The molecule has 1 heteroatoms. The molecule has 0 amide bonds. The molecule has 0 radical (unpaired) electrons. The first kappa shape index (κ1) is 22.8. The molecule has 0 heterocycles. The van der Waals surface area contributed by atoms with Crippen LogP contribution in [0.4, 0.5) is 0 Å². The van der Waals surface area contributed by atoms with Crippen molar-refractivity contribution in [3.63, 3.8) is 0 Å². The molecule has 0 unspecified atom stereocenters. The van der Waals surface area contributed by atoms with E-state index in [2.05, 4.69) is 79.7 Å². The second-order valence-electron chi connectivity index (χ2n) is 8.59. The van der Waals surface area contributed by atoms with Crippen LogP contribution < -0.4 is 0 Å². The van der Waals surface area contributed by atoms with E-state index in [1.807, 2.05) is 0 Å². The van der Waals surface area contributed by atoms with Gasteiger partial charge in [-0.3, -0.25) is 0 Å². The van der Waals surface area contributed by atoms with Gasteiger partial charge in [-0.25, -0.2) is 0 Å². The van der Waals surface area contributed by atoms with Gasteiger partial charge in [0.2, 0.25) is 0 Å². The molecule has 1 nitrogen and oxygen atoms in total. The van der Waals surface area contributed by atoms with Gasteiger partial charge in [-0.15, -0.1) is 0 Å². The Kier molecular flexibility index (Phi) is 8.92. The van der Waals surface area contributed by atoms with E-state index in [9.17, 15) is 0 Å². The van der Waals surface area contributed by atoms with Crippen LogP contribution in [0.3, 0.4) is 0 Å². The second kappa shape index (κ2) is 12.1. The summed E-state index contributed by atoms with van der Waals surface area (Å²) in [5.74, 6) is 0.681. The molecular weight excluding hydrogens is 374 g/mol. The SMILES string of the molecule is CCCCCc1ccc(-c2ccccc2)c(C2CCCCC2)c1-c1ccccc1.[C-]#N. The molecule has 0 aliphatic heterocycles. The molecule has 0 spiro atoms. The van der Waals surface area contributed by atoms with Gasteiger partial charge < -0.3 is 11.8 Å². The van der Waals surface area contributed by atoms with E-state index >= 15 is 0 Å². The van der Waals surface area contributed by atoms with Crippen LogP contribution in [0, 0.1) is 11.8 Å². The smallest absolute Gasteiger partial charge is 0.0111 e. The lowest BCUT2D eigenvalue weighted by atomic mass is 9.75. The third-order valence-electron chi connectivity index (χ3n) is 6.54. The molecule has 0 atom stereocenters. The highest BCUT2D eigenvalue weighted by molar-refractivity contribution is 5.82. The summed E-state index contributed by atoms with van der Waals surface area (Å²) in [5, 5.41) is 6.25. The summed E-state index contributed by atoms with van der Waals surface area (Å²) in [6.45, 7) is 7.05. The summed E-state index contributed by atoms with van der Waals surface area (Å²) in [4.78, 5) is 0. The first-order valence-corrected chi connectivity index (χ1v) is 11.9. The maximum absolute atomic E-state index is 6.25. The van der Waals surface area contributed by atoms with Crippen molar-refractivity contribution in [3.8, 4) is 22.3 Å². The van der Waals surface area contributed by atoms with E-state index in [0.717, 1.165) is 0 Å². The van der Waals surface area contributed by atoms with Crippen molar-refractivity contribution in [2.75, 3.05) is 0 Å². The Labute approximate surface area is 188 Å². The van der Waals surface area contributed by atoms with Gasteiger partial charge >= 0.3 is 0 Å². The molecular formula is C30H34N-. The fraction of sp³-hybridized carbons (Fsp3) is 0.367. The predicted octanol–water partition coefficient (Wildman–Crippen LogP) is 8.90. The monoisotopic (exact) mass is 408 g/mol. The molecule has 31 heavy (non-hydrogen) atoms. The van der Waals surface area contributed by atoms with Crippen LogP contribution in [0.5, 0.6) is 0 Å². The van der Waals surface area contributed by atoms with Gasteiger partial charge in [0.15, 0.2) is 0 Å². The highest BCUT2D eigenvalue weighted by atomic mass is 14.3. The number of nitrogens with zero attached hydrogens (tertiary/aromatic N) is 1. The van der Waals surface area contributed by atoms with Gasteiger partial charge in [-0.1, -0.05) is 112 Å². The summed E-state index contributed by atoms with van der Waals surface area (Å²) in [6, 6.07) is 27.1. The fourth-order valence-corrected chi connectivity index (χ4v) is 5.07. The lowest BCUT2D eigenvalue weighted by Gasteiger charge is -2.29. The molecule has 0 saturated heterocycles. The Morgan fingerprint density at radius 1 is 0.742 bits per heavy atom. The lowest BCUT2D eigenvalue weighted by Crippen LogP contribution is -2.10. The lowest BCUT2D eigenvalue weighted by molar-refractivity contribution is 0.444. The number of unbranched alkanes of at least 4 members (excludes halogenated alkanes) is 2. The number of aryl methyl sites for hydroxylation is 1. The summed E-state index contributed by atoms with van der Waals surface area (Å²) < 4.78 is 0. The summed E-state index contributed by atoms with van der Waals surface area (Å²) in [7, 11) is 0. The van der Waals surface area contributed by atoms with Crippen LogP contribution in [0.25, 0.3) is 22.3 Å². The van der Waals surface area contributed by atoms with Gasteiger partial charge in [-0.05, 0) is 65.0 Å². The Bertz CT molecular complexity index is 934. The van der Waals surface area contributed by atoms with E-state index in [-0.39, 0.29) is 0 Å². The Morgan fingerprint density at radius 3 is 1.97 bits per heavy atom. The number of rotatable bonds is 7. The number of benzene rings is 3. The van der Waals surface area contributed by atoms with Crippen molar-refractivity contribution in [3.05, 3.63) is 90.5 Å². The normalized spacial score (nSPS) is 13.9. The molecule has 0 aromatic heterocycles. The molecule has 0 N–H and O–H groups in total. The maximum atomic E-state index is 6.25. The molecule has 3 aromatic rings. The maximum Gasteiger partial charge on any atom is -0.0111 e. The molecule has 1 fully saturated rings. The van der Waals surface area contributed by atoms with E-state index < -0.39 is 0 Å². The zero-order valence-corrected chi connectivity index (χ0v) is 18.8. The summed E-state index contributed by atoms with van der Waals surface area (Å²) in [5.41, 5.74) is 8.93. The molecule has 4 rings (SSSR count). The van der Waals surface area contributed by atoms with Crippen LogP contribution in [0.2, 0.25) is 0 Å². The van der Waals surface area contributed by atoms with Crippen LogP contribution in [0.15, 0.2) is 72.8 Å². The zero-order chi connectivity index (χ0) is 21.9. The van der Waals surface area contributed by atoms with Crippen molar-refractivity contribution >= 4 is 0 Å². The van der Waals surface area contributed by atoms with Crippen LogP contribution in [-0.4, -0.2) is 0 Å². The molecule has 160 valence electrons. The van der Waals surface area contributed by atoms with E-state index in [1.165, 1.54) is 80.0 Å². The largest absolute Gasteiger partial charge is 0.512 e. The topological polar surface area (TPSA) is 23.8 Å². The van der Waals surface area contributed by atoms with Gasteiger partial charge in [0.25, 0.3) is 0 Å². The van der Waals surface area contributed by atoms with Gasteiger partial charge in [0.1, 0.15) is 0 Å². The average molecular weight is 409 g/mol. The average Bonchev–Trinajstić information content (AvgIpc) is 2.86.